The largest absolute Gasteiger partial charge is 0.355 e. The number of hydrogen-bond donors (Lipinski definition) is 1. The molecule has 122 valence electrons. The SMILES string of the molecule is CNCCN(C)C1=Nc2ccc(Cl)cc2N2C=CCC(C)N=C12. The van der Waals surface area contributed by atoms with Crippen LogP contribution in [0.25, 0.3) is 0 Å². The van der Waals surface area contributed by atoms with E-state index in [1.54, 1.807) is 0 Å². The van der Waals surface area contributed by atoms with E-state index in [4.69, 9.17) is 21.6 Å². The van der Waals surface area contributed by atoms with E-state index >= 15 is 0 Å². The summed E-state index contributed by atoms with van der Waals surface area (Å²) in [5.41, 5.74) is 1.89. The van der Waals surface area contributed by atoms with Crippen LogP contribution in [0.5, 0.6) is 0 Å². The molecular formula is C17H22ClN5. The van der Waals surface area contributed by atoms with Gasteiger partial charge in [-0.15, -0.1) is 0 Å². The van der Waals surface area contributed by atoms with Gasteiger partial charge in [-0.25, -0.2) is 4.99 Å². The van der Waals surface area contributed by atoms with E-state index < -0.39 is 0 Å². The molecular weight excluding hydrogens is 310 g/mol. The smallest absolute Gasteiger partial charge is 0.176 e. The number of benzene rings is 1. The van der Waals surface area contributed by atoms with Gasteiger partial charge < -0.3 is 10.2 Å². The van der Waals surface area contributed by atoms with Crippen LogP contribution < -0.4 is 10.2 Å². The summed E-state index contributed by atoms with van der Waals surface area (Å²) in [6.07, 6.45) is 5.16. The Balaban J connectivity index is 2.09. The first-order valence-corrected chi connectivity index (χ1v) is 8.26. The van der Waals surface area contributed by atoms with E-state index in [0.29, 0.717) is 5.02 Å². The molecule has 0 bridgehead atoms. The Bertz CT molecular complexity index is 680. The molecule has 1 aromatic rings. The van der Waals surface area contributed by atoms with Gasteiger partial charge in [0.2, 0.25) is 0 Å². The van der Waals surface area contributed by atoms with Crippen LogP contribution in [0, 0.1) is 0 Å². The zero-order valence-electron chi connectivity index (χ0n) is 13.8. The molecule has 5 nitrogen and oxygen atoms in total. The van der Waals surface area contributed by atoms with E-state index in [2.05, 4.69) is 41.4 Å². The van der Waals surface area contributed by atoms with Gasteiger partial charge in [-0.2, -0.15) is 0 Å². The maximum Gasteiger partial charge on any atom is 0.176 e. The average Bonchev–Trinajstić information content (AvgIpc) is 2.73. The fourth-order valence-corrected chi connectivity index (χ4v) is 2.87. The molecule has 0 aliphatic carbocycles. The van der Waals surface area contributed by atoms with Crippen molar-refractivity contribution in [2.24, 2.45) is 9.98 Å². The maximum atomic E-state index is 6.19. The minimum absolute atomic E-state index is 0.231. The predicted octanol–water partition coefficient (Wildman–Crippen LogP) is 3.05. The quantitative estimate of drug-likeness (QED) is 0.925. The standard InChI is InChI=1S/C17H22ClN5/c1-12-5-4-9-23-15-11-13(18)6-7-14(15)21-16(17(23)20-12)22(3)10-8-19-2/h4,6-7,9,11-12,19H,5,8,10H2,1-3H3. The van der Waals surface area contributed by atoms with E-state index in [9.17, 15) is 0 Å². The molecule has 0 aromatic heterocycles. The molecule has 1 unspecified atom stereocenters. The normalized spacial score (nSPS) is 19.5. The lowest BCUT2D eigenvalue weighted by molar-refractivity contribution is 0.499. The monoisotopic (exact) mass is 331 g/mol. The molecule has 0 amide bonds. The lowest BCUT2D eigenvalue weighted by atomic mass is 10.2. The zero-order chi connectivity index (χ0) is 16.4. The van der Waals surface area contributed by atoms with E-state index in [1.807, 2.05) is 25.2 Å². The molecule has 6 heteroatoms. The molecule has 1 aromatic carbocycles. The number of amidine groups is 2. The average molecular weight is 332 g/mol. The van der Waals surface area contributed by atoms with E-state index in [1.165, 1.54) is 0 Å². The van der Waals surface area contributed by atoms with Gasteiger partial charge >= 0.3 is 0 Å². The molecule has 0 spiro atoms. The number of rotatable bonds is 3. The number of hydrogen-bond acceptors (Lipinski definition) is 5. The summed E-state index contributed by atoms with van der Waals surface area (Å²) in [4.78, 5) is 14.0. The highest BCUT2D eigenvalue weighted by Crippen LogP contribution is 2.36. The molecule has 3 rings (SSSR count). The van der Waals surface area contributed by atoms with Crippen molar-refractivity contribution >= 4 is 34.6 Å². The summed E-state index contributed by atoms with van der Waals surface area (Å²) in [7, 11) is 4.01. The van der Waals surface area contributed by atoms with E-state index in [0.717, 1.165) is 42.6 Å². The van der Waals surface area contributed by atoms with Crippen molar-refractivity contribution in [1.29, 1.82) is 0 Å². The highest BCUT2D eigenvalue weighted by Gasteiger charge is 2.29. The van der Waals surface area contributed by atoms with Crippen molar-refractivity contribution in [2.75, 3.05) is 32.1 Å². The van der Waals surface area contributed by atoms with Crippen LogP contribution in [0.3, 0.4) is 0 Å². The Morgan fingerprint density at radius 3 is 3.04 bits per heavy atom. The first kappa shape index (κ1) is 16.0. The van der Waals surface area contributed by atoms with Gasteiger partial charge in [0, 0.05) is 31.4 Å². The van der Waals surface area contributed by atoms with Crippen molar-refractivity contribution in [3.63, 3.8) is 0 Å². The Morgan fingerprint density at radius 2 is 2.26 bits per heavy atom. The molecule has 2 aliphatic rings. The van der Waals surface area contributed by atoms with Crippen molar-refractivity contribution in [2.45, 2.75) is 19.4 Å². The highest BCUT2D eigenvalue weighted by molar-refractivity contribution is 6.47. The number of aliphatic imine (C=N–C) groups is 2. The van der Waals surface area contributed by atoms with Crippen LogP contribution in [0.15, 0.2) is 40.5 Å². The van der Waals surface area contributed by atoms with Gasteiger partial charge in [-0.05, 0) is 38.6 Å². The van der Waals surface area contributed by atoms with Gasteiger partial charge in [-0.3, -0.25) is 9.89 Å². The highest BCUT2D eigenvalue weighted by atomic mass is 35.5. The Labute approximate surface area is 142 Å². The molecule has 23 heavy (non-hydrogen) atoms. The predicted molar refractivity (Wildman–Crippen MR) is 98.2 cm³/mol. The Kier molecular flexibility index (Phi) is 4.68. The van der Waals surface area contributed by atoms with E-state index in [-0.39, 0.29) is 6.04 Å². The van der Waals surface area contributed by atoms with Gasteiger partial charge in [0.25, 0.3) is 0 Å². The summed E-state index contributed by atoms with van der Waals surface area (Å²) in [6, 6.07) is 6.01. The first-order chi connectivity index (χ1) is 11.1. The zero-order valence-corrected chi connectivity index (χ0v) is 14.5. The molecule has 0 radical (unpaired) electrons. The Hall–Kier alpha value is -1.85. The second kappa shape index (κ2) is 6.72. The number of likely N-dealkylation sites (N-methyl/N-ethyl adjacent to an activating group) is 2. The molecule has 1 N–H and O–H groups in total. The Morgan fingerprint density at radius 1 is 1.43 bits per heavy atom. The summed E-state index contributed by atoms with van der Waals surface area (Å²) in [5, 5.41) is 3.88. The molecule has 1 atom stereocenters. The number of anilines is 1. The molecule has 0 fully saturated rings. The number of fused-ring (bicyclic) bond motifs is 3. The third kappa shape index (κ3) is 3.26. The van der Waals surface area contributed by atoms with Crippen LogP contribution in [-0.2, 0) is 0 Å². The summed E-state index contributed by atoms with van der Waals surface area (Å²) >= 11 is 6.19. The summed E-state index contributed by atoms with van der Waals surface area (Å²) in [5.74, 6) is 1.79. The van der Waals surface area contributed by atoms with Crippen molar-refractivity contribution in [1.82, 2.24) is 10.2 Å². The number of nitrogens with one attached hydrogen (secondary N) is 1. The van der Waals surface area contributed by atoms with Gasteiger partial charge in [0.15, 0.2) is 11.7 Å². The molecule has 2 aliphatic heterocycles. The van der Waals surface area contributed by atoms with Crippen LogP contribution in [0.1, 0.15) is 13.3 Å². The second-order valence-electron chi connectivity index (χ2n) is 5.89. The minimum Gasteiger partial charge on any atom is -0.355 e. The molecule has 2 heterocycles. The summed E-state index contributed by atoms with van der Waals surface area (Å²) < 4.78 is 0. The van der Waals surface area contributed by atoms with Crippen LogP contribution in [-0.4, -0.2) is 49.8 Å². The molecule has 0 saturated heterocycles. The van der Waals surface area contributed by atoms with Crippen molar-refractivity contribution < 1.29 is 0 Å². The van der Waals surface area contributed by atoms with Crippen LogP contribution in [0.2, 0.25) is 5.02 Å². The topological polar surface area (TPSA) is 43.2 Å². The molecule has 0 saturated carbocycles. The third-order valence-corrected chi connectivity index (χ3v) is 4.22. The minimum atomic E-state index is 0.231. The first-order valence-electron chi connectivity index (χ1n) is 7.88. The third-order valence-electron chi connectivity index (χ3n) is 3.98. The fraction of sp³-hybridized carbons (Fsp3) is 0.412. The van der Waals surface area contributed by atoms with Gasteiger partial charge in [0.05, 0.1) is 17.4 Å². The number of halogens is 1. The van der Waals surface area contributed by atoms with Crippen molar-refractivity contribution in [3.8, 4) is 0 Å². The fourth-order valence-electron chi connectivity index (χ4n) is 2.71. The van der Waals surface area contributed by atoms with Gasteiger partial charge in [-0.1, -0.05) is 17.7 Å². The summed E-state index contributed by atoms with van der Waals surface area (Å²) in [6.45, 7) is 3.88. The van der Waals surface area contributed by atoms with Gasteiger partial charge in [0.1, 0.15) is 0 Å². The van der Waals surface area contributed by atoms with Crippen molar-refractivity contribution in [3.05, 3.63) is 35.5 Å². The lowest BCUT2D eigenvalue weighted by Crippen LogP contribution is -2.45. The maximum absolute atomic E-state index is 6.19. The van der Waals surface area contributed by atoms with Crippen LogP contribution >= 0.6 is 11.6 Å². The van der Waals surface area contributed by atoms with Crippen LogP contribution in [0.4, 0.5) is 11.4 Å². The second-order valence-corrected chi connectivity index (χ2v) is 6.32. The lowest BCUT2D eigenvalue weighted by Gasteiger charge is -2.32. The number of nitrogens with zero attached hydrogens (tertiary/aromatic N) is 4.